The molecule has 1 saturated carbocycles. The molecule has 3 rings (SSSR count). The van der Waals surface area contributed by atoms with Gasteiger partial charge in [0.2, 0.25) is 0 Å². The van der Waals surface area contributed by atoms with E-state index in [-0.39, 0.29) is 11.5 Å². The highest BCUT2D eigenvalue weighted by Gasteiger charge is 2.43. The van der Waals surface area contributed by atoms with Gasteiger partial charge in [0, 0.05) is 24.9 Å². The van der Waals surface area contributed by atoms with Crippen molar-refractivity contribution in [1.29, 1.82) is 0 Å². The minimum Gasteiger partial charge on any atom is -0.310 e. The van der Waals surface area contributed by atoms with E-state index in [4.69, 9.17) is 0 Å². The van der Waals surface area contributed by atoms with Crippen molar-refractivity contribution >= 4 is 11.6 Å². The number of fused-ring (bicyclic) bond motifs is 2. The van der Waals surface area contributed by atoms with Gasteiger partial charge in [0.25, 0.3) is 0 Å². The molecule has 196 valence electrons. The van der Waals surface area contributed by atoms with Gasteiger partial charge in [-0.05, 0) is 92.9 Å². The van der Waals surface area contributed by atoms with E-state index in [1.54, 1.807) is 0 Å². The van der Waals surface area contributed by atoms with Crippen LogP contribution in [0.5, 0.6) is 0 Å². The predicted octanol–water partition coefficient (Wildman–Crippen LogP) is 6.41. The summed E-state index contributed by atoms with van der Waals surface area (Å²) in [5.41, 5.74) is 0.801. The van der Waals surface area contributed by atoms with Crippen molar-refractivity contribution in [2.45, 2.75) is 137 Å². The quantitative estimate of drug-likeness (QED) is 0.397. The van der Waals surface area contributed by atoms with E-state index < -0.39 is 0 Å². The number of nitrogens with zero attached hydrogens (tertiary/aromatic N) is 1. The fourth-order valence-electron chi connectivity index (χ4n) is 8.45. The van der Waals surface area contributed by atoms with Crippen LogP contribution >= 0.6 is 0 Å². The molecule has 2 heterocycles. The first-order valence-corrected chi connectivity index (χ1v) is 14.2. The number of carbonyl (C=O) groups excluding carboxylic acids is 2. The van der Waals surface area contributed by atoms with Crippen LogP contribution < -0.4 is 5.32 Å². The van der Waals surface area contributed by atoms with Crippen molar-refractivity contribution in [2.24, 2.45) is 28.1 Å². The van der Waals surface area contributed by atoms with Crippen molar-refractivity contribution in [1.82, 2.24) is 10.2 Å². The first-order valence-electron chi connectivity index (χ1n) is 14.2. The Morgan fingerprint density at radius 2 is 1.53 bits per heavy atom. The molecule has 0 radical (unpaired) electrons. The minimum absolute atomic E-state index is 0.0707. The lowest BCUT2D eigenvalue weighted by Crippen LogP contribution is -2.52. The van der Waals surface area contributed by atoms with Gasteiger partial charge < -0.3 is 5.32 Å². The summed E-state index contributed by atoms with van der Waals surface area (Å²) in [5.74, 6) is 2.09. The highest BCUT2D eigenvalue weighted by molar-refractivity contribution is 5.86. The van der Waals surface area contributed by atoms with Gasteiger partial charge in [-0.3, -0.25) is 14.5 Å². The van der Waals surface area contributed by atoms with Gasteiger partial charge in [0.15, 0.2) is 5.78 Å². The topological polar surface area (TPSA) is 49.4 Å². The number of hydrogen-bond acceptors (Lipinski definition) is 4. The standard InChI is InChI=1S/C30H54N2O2/c1-28(2,3)27(31-8)26(34)19-32-23-12-13-24(32)15-22(14-23)16-25(33)11-9-10-21-17-29(4,5)20-30(6,7)18-21/h21-24,27,31H,9-20H2,1-8H3/t22-,23-,24+,27?. The number of ketones is 2. The smallest absolute Gasteiger partial charge is 0.164 e. The normalized spacial score (nSPS) is 30.3. The molecule has 3 fully saturated rings. The molecule has 3 aliphatic rings. The molecule has 0 aromatic heterocycles. The highest BCUT2D eigenvalue weighted by Crippen LogP contribution is 2.49. The third-order valence-electron chi connectivity index (χ3n) is 9.02. The van der Waals surface area contributed by atoms with E-state index in [2.05, 4.69) is 58.7 Å². The summed E-state index contributed by atoms with van der Waals surface area (Å²) in [6, 6.07) is 0.876. The van der Waals surface area contributed by atoms with Crippen molar-refractivity contribution in [2.75, 3.05) is 13.6 Å². The zero-order chi connectivity index (χ0) is 25.3. The van der Waals surface area contributed by atoms with Crippen LogP contribution in [0.25, 0.3) is 0 Å². The number of carbonyl (C=O) groups is 2. The Balaban J connectivity index is 1.43. The highest BCUT2D eigenvalue weighted by atomic mass is 16.1. The molecule has 4 atom stereocenters. The Labute approximate surface area is 210 Å². The van der Waals surface area contributed by atoms with Gasteiger partial charge in [-0.15, -0.1) is 0 Å². The van der Waals surface area contributed by atoms with Gasteiger partial charge in [-0.2, -0.15) is 0 Å². The van der Waals surface area contributed by atoms with E-state index in [1.807, 2.05) is 7.05 Å². The Kier molecular flexibility index (Phi) is 8.77. The molecule has 2 aliphatic heterocycles. The van der Waals surface area contributed by atoms with Crippen LogP contribution in [0.2, 0.25) is 0 Å². The summed E-state index contributed by atoms with van der Waals surface area (Å²) >= 11 is 0. The maximum atomic E-state index is 13.0. The van der Waals surface area contributed by atoms with E-state index in [9.17, 15) is 9.59 Å². The molecule has 2 bridgehead atoms. The van der Waals surface area contributed by atoms with Gasteiger partial charge >= 0.3 is 0 Å². The lowest BCUT2D eigenvalue weighted by atomic mass is 9.61. The van der Waals surface area contributed by atoms with E-state index in [0.717, 1.165) is 38.0 Å². The number of piperidine rings is 1. The summed E-state index contributed by atoms with van der Waals surface area (Å²) in [4.78, 5) is 28.4. The minimum atomic E-state index is -0.105. The second-order valence-corrected chi connectivity index (χ2v) is 14.9. The zero-order valence-electron chi connectivity index (χ0n) is 23.6. The zero-order valence-corrected chi connectivity index (χ0v) is 23.6. The maximum Gasteiger partial charge on any atom is 0.164 e. The Morgan fingerprint density at radius 3 is 2.03 bits per heavy atom. The second kappa shape index (κ2) is 10.7. The van der Waals surface area contributed by atoms with Gasteiger partial charge in [-0.1, -0.05) is 48.5 Å². The van der Waals surface area contributed by atoms with Gasteiger partial charge in [-0.25, -0.2) is 0 Å². The average molecular weight is 475 g/mol. The molecule has 4 nitrogen and oxygen atoms in total. The first-order chi connectivity index (χ1) is 15.7. The summed E-state index contributed by atoms with van der Waals surface area (Å²) in [7, 11) is 1.90. The van der Waals surface area contributed by atoms with Crippen molar-refractivity contribution in [3.63, 3.8) is 0 Å². The lowest BCUT2D eigenvalue weighted by Gasteiger charge is -2.45. The molecule has 2 saturated heterocycles. The van der Waals surface area contributed by atoms with E-state index in [0.29, 0.717) is 46.9 Å². The number of rotatable bonds is 10. The largest absolute Gasteiger partial charge is 0.310 e. The molecular weight excluding hydrogens is 420 g/mol. The van der Waals surface area contributed by atoms with Crippen LogP contribution in [0.1, 0.15) is 119 Å². The van der Waals surface area contributed by atoms with E-state index >= 15 is 0 Å². The molecule has 0 amide bonds. The van der Waals surface area contributed by atoms with E-state index in [1.165, 1.54) is 38.5 Å². The summed E-state index contributed by atoms with van der Waals surface area (Å²) in [6.45, 7) is 16.6. The van der Waals surface area contributed by atoms with Crippen LogP contribution in [0.3, 0.4) is 0 Å². The van der Waals surface area contributed by atoms with Gasteiger partial charge in [0.05, 0.1) is 12.6 Å². The molecule has 0 aromatic carbocycles. The molecule has 0 spiro atoms. The molecule has 4 heteroatoms. The monoisotopic (exact) mass is 474 g/mol. The summed E-state index contributed by atoms with van der Waals surface area (Å²) in [6.07, 6.45) is 12.3. The Hall–Kier alpha value is -0.740. The number of likely N-dealkylation sites (N-methyl/N-ethyl adjacent to an activating group) is 1. The van der Waals surface area contributed by atoms with Crippen LogP contribution in [0.4, 0.5) is 0 Å². The fourth-order valence-corrected chi connectivity index (χ4v) is 8.45. The first kappa shape index (κ1) is 27.8. The van der Waals surface area contributed by atoms with Crippen molar-refractivity contribution in [3.8, 4) is 0 Å². The second-order valence-electron chi connectivity index (χ2n) is 14.9. The van der Waals surface area contributed by atoms with Crippen molar-refractivity contribution < 1.29 is 9.59 Å². The summed E-state index contributed by atoms with van der Waals surface area (Å²) < 4.78 is 0. The Morgan fingerprint density at radius 1 is 0.971 bits per heavy atom. The number of hydrogen-bond donors (Lipinski definition) is 1. The predicted molar refractivity (Wildman–Crippen MR) is 142 cm³/mol. The maximum absolute atomic E-state index is 13.0. The third-order valence-corrected chi connectivity index (χ3v) is 9.02. The number of Topliss-reactive ketones (excluding diaryl/α,β-unsaturated/α-hetero) is 2. The fraction of sp³-hybridized carbons (Fsp3) is 0.933. The lowest BCUT2D eigenvalue weighted by molar-refractivity contribution is -0.126. The SMILES string of the molecule is CNC(C(=O)CN1[C@@H]2CC[C@H]1C[C@H](CC(=O)CCCC1CC(C)(C)CC(C)(C)C1)C2)C(C)(C)C. The number of nitrogens with one attached hydrogen (secondary N) is 1. The van der Waals surface area contributed by atoms with Crippen LogP contribution in [0, 0.1) is 28.1 Å². The Bertz CT molecular complexity index is 690. The summed E-state index contributed by atoms with van der Waals surface area (Å²) in [5, 5.41) is 3.25. The molecular formula is C30H54N2O2. The van der Waals surface area contributed by atoms with Gasteiger partial charge in [0.1, 0.15) is 5.78 Å². The van der Waals surface area contributed by atoms with Crippen molar-refractivity contribution in [3.05, 3.63) is 0 Å². The molecule has 1 aliphatic carbocycles. The molecule has 1 unspecified atom stereocenters. The van der Waals surface area contributed by atoms with Crippen LogP contribution in [0.15, 0.2) is 0 Å². The average Bonchev–Trinajstić information content (AvgIpc) is 2.87. The molecule has 34 heavy (non-hydrogen) atoms. The van der Waals surface area contributed by atoms with Crippen LogP contribution in [-0.4, -0.2) is 48.2 Å². The molecule has 1 N–H and O–H groups in total. The van der Waals surface area contributed by atoms with Crippen LogP contribution in [-0.2, 0) is 9.59 Å². The molecule has 0 aromatic rings. The third kappa shape index (κ3) is 7.38.